The van der Waals surface area contributed by atoms with E-state index in [4.69, 9.17) is 11.6 Å². The third-order valence-electron chi connectivity index (χ3n) is 5.26. The molecule has 1 saturated carbocycles. The molecule has 0 spiro atoms. The van der Waals surface area contributed by atoms with E-state index in [9.17, 15) is 9.90 Å². The number of nitrogens with one attached hydrogen (secondary N) is 1. The van der Waals surface area contributed by atoms with Gasteiger partial charge in [0, 0.05) is 24.0 Å². The highest BCUT2D eigenvalue weighted by atomic mass is 35.5. The number of β-amino-alcohol motifs (C(OH)–C–C–N with tert-alkyl or cyclic N) is 1. The molecular weight excluding hydrogens is 324 g/mol. The first-order valence-electron chi connectivity index (χ1n) is 8.96. The number of hydrogen-bond donors (Lipinski definition) is 2. The first-order valence-corrected chi connectivity index (χ1v) is 9.34. The fraction of sp³-hybridized carbons (Fsp3) is 0.632. The number of aliphatic hydroxyl groups is 1. The van der Waals surface area contributed by atoms with Crippen LogP contribution in [0.25, 0.3) is 0 Å². The SMILES string of the molecule is CC1CCN(C[C@H](O)CNC(=O)[C@@H]2C[C@@H]2c2cccc(Cl)c2)CC1. The largest absolute Gasteiger partial charge is 0.390 e. The summed E-state index contributed by atoms with van der Waals surface area (Å²) in [6.45, 7) is 5.36. The van der Waals surface area contributed by atoms with E-state index in [-0.39, 0.29) is 17.7 Å². The lowest BCUT2D eigenvalue weighted by molar-refractivity contribution is -0.122. The van der Waals surface area contributed by atoms with E-state index < -0.39 is 6.10 Å². The molecule has 1 heterocycles. The van der Waals surface area contributed by atoms with Crippen molar-refractivity contribution in [3.8, 4) is 0 Å². The number of carbonyl (C=O) groups is 1. The van der Waals surface area contributed by atoms with Gasteiger partial charge in [-0.2, -0.15) is 0 Å². The van der Waals surface area contributed by atoms with E-state index in [1.165, 1.54) is 12.8 Å². The van der Waals surface area contributed by atoms with Crippen molar-refractivity contribution in [3.05, 3.63) is 34.9 Å². The summed E-state index contributed by atoms with van der Waals surface area (Å²) in [4.78, 5) is 14.5. The number of aliphatic hydroxyl groups excluding tert-OH is 1. The molecule has 1 aliphatic heterocycles. The highest BCUT2D eigenvalue weighted by Crippen LogP contribution is 2.47. The summed E-state index contributed by atoms with van der Waals surface area (Å²) in [6, 6.07) is 7.73. The Morgan fingerprint density at radius 2 is 2.17 bits per heavy atom. The third kappa shape index (κ3) is 4.71. The van der Waals surface area contributed by atoms with Crippen LogP contribution < -0.4 is 5.32 Å². The molecule has 1 saturated heterocycles. The number of amides is 1. The van der Waals surface area contributed by atoms with Crippen molar-refractivity contribution in [2.45, 2.75) is 38.2 Å². The molecule has 0 aromatic heterocycles. The molecule has 2 aliphatic rings. The van der Waals surface area contributed by atoms with E-state index in [0.29, 0.717) is 18.1 Å². The zero-order chi connectivity index (χ0) is 17.1. The predicted molar refractivity (Wildman–Crippen MR) is 96.2 cm³/mol. The smallest absolute Gasteiger partial charge is 0.223 e. The lowest BCUT2D eigenvalue weighted by Gasteiger charge is -2.31. The molecule has 1 aromatic carbocycles. The van der Waals surface area contributed by atoms with Crippen LogP contribution in [0.5, 0.6) is 0 Å². The molecule has 132 valence electrons. The average molecular weight is 351 g/mol. The number of nitrogens with zero attached hydrogens (tertiary/aromatic N) is 1. The molecule has 1 aromatic rings. The second-order valence-corrected chi connectivity index (χ2v) is 7.82. The lowest BCUT2D eigenvalue weighted by atomic mass is 9.99. The maximum atomic E-state index is 12.2. The Kier molecular flexibility index (Phi) is 5.80. The molecule has 3 rings (SSSR count). The molecule has 3 atom stereocenters. The molecule has 1 aliphatic carbocycles. The number of carbonyl (C=O) groups excluding carboxylic acids is 1. The van der Waals surface area contributed by atoms with Crippen molar-refractivity contribution in [1.29, 1.82) is 0 Å². The van der Waals surface area contributed by atoms with Crippen molar-refractivity contribution in [1.82, 2.24) is 10.2 Å². The van der Waals surface area contributed by atoms with Gasteiger partial charge in [-0.1, -0.05) is 30.7 Å². The number of likely N-dealkylation sites (tertiary alicyclic amines) is 1. The van der Waals surface area contributed by atoms with Crippen molar-refractivity contribution in [2.75, 3.05) is 26.2 Å². The number of halogens is 1. The Morgan fingerprint density at radius 3 is 2.88 bits per heavy atom. The van der Waals surface area contributed by atoms with Gasteiger partial charge in [0.15, 0.2) is 0 Å². The molecule has 4 nitrogen and oxygen atoms in total. The topological polar surface area (TPSA) is 52.6 Å². The summed E-state index contributed by atoms with van der Waals surface area (Å²) in [5, 5.41) is 13.8. The van der Waals surface area contributed by atoms with Crippen LogP contribution >= 0.6 is 11.6 Å². The van der Waals surface area contributed by atoms with E-state index in [1.54, 1.807) is 0 Å². The standard InChI is InChI=1S/C19H27ClN2O2/c1-13-5-7-22(8-6-13)12-16(23)11-21-19(24)18-10-17(18)14-3-2-4-15(20)9-14/h2-4,9,13,16-18,23H,5-8,10-12H2,1H3,(H,21,24)/t16-,17-,18-/m1/s1. The van der Waals surface area contributed by atoms with Crippen molar-refractivity contribution < 1.29 is 9.90 Å². The Morgan fingerprint density at radius 1 is 1.42 bits per heavy atom. The Bertz CT molecular complexity index is 572. The zero-order valence-electron chi connectivity index (χ0n) is 14.2. The Hall–Kier alpha value is -1.10. The highest BCUT2D eigenvalue weighted by Gasteiger charge is 2.43. The molecule has 2 fully saturated rings. The third-order valence-corrected chi connectivity index (χ3v) is 5.50. The van der Waals surface area contributed by atoms with Gasteiger partial charge in [-0.3, -0.25) is 4.79 Å². The van der Waals surface area contributed by atoms with Gasteiger partial charge in [0.05, 0.1) is 6.10 Å². The summed E-state index contributed by atoms with van der Waals surface area (Å²) in [5.74, 6) is 1.12. The molecule has 0 bridgehead atoms. The van der Waals surface area contributed by atoms with Gasteiger partial charge in [-0.05, 0) is 61.9 Å². The van der Waals surface area contributed by atoms with Gasteiger partial charge in [0.2, 0.25) is 5.91 Å². The maximum Gasteiger partial charge on any atom is 0.223 e. The predicted octanol–water partition coefficient (Wildman–Crippen LogP) is 2.65. The minimum absolute atomic E-state index is 0.0199. The number of rotatable bonds is 6. The van der Waals surface area contributed by atoms with E-state index in [0.717, 1.165) is 31.0 Å². The van der Waals surface area contributed by atoms with E-state index in [2.05, 4.69) is 17.1 Å². The van der Waals surface area contributed by atoms with Gasteiger partial charge >= 0.3 is 0 Å². The second-order valence-electron chi connectivity index (χ2n) is 7.39. The quantitative estimate of drug-likeness (QED) is 0.829. The summed E-state index contributed by atoms with van der Waals surface area (Å²) in [5.41, 5.74) is 1.13. The van der Waals surface area contributed by atoms with Gasteiger partial charge in [0.1, 0.15) is 0 Å². The van der Waals surface area contributed by atoms with Crippen LogP contribution in [0.15, 0.2) is 24.3 Å². The fourth-order valence-corrected chi connectivity index (χ4v) is 3.75. The van der Waals surface area contributed by atoms with Gasteiger partial charge < -0.3 is 15.3 Å². The molecule has 24 heavy (non-hydrogen) atoms. The van der Waals surface area contributed by atoms with Crippen LogP contribution in [-0.2, 0) is 4.79 Å². The molecule has 5 heteroatoms. The molecule has 1 amide bonds. The Labute approximate surface area is 149 Å². The van der Waals surface area contributed by atoms with Crippen molar-refractivity contribution in [3.63, 3.8) is 0 Å². The summed E-state index contributed by atoms with van der Waals surface area (Å²) in [6.07, 6.45) is 2.77. The van der Waals surface area contributed by atoms with Gasteiger partial charge in [-0.15, -0.1) is 0 Å². The van der Waals surface area contributed by atoms with E-state index in [1.807, 2.05) is 24.3 Å². The number of piperidine rings is 1. The minimum atomic E-state index is -0.495. The van der Waals surface area contributed by atoms with Gasteiger partial charge in [-0.25, -0.2) is 0 Å². The Balaban J connectivity index is 1.38. The van der Waals surface area contributed by atoms with Crippen LogP contribution in [-0.4, -0.2) is 48.2 Å². The molecule has 2 N–H and O–H groups in total. The minimum Gasteiger partial charge on any atom is -0.390 e. The van der Waals surface area contributed by atoms with Crippen molar-refractivity contribution in [2.24, 2.45) is 11.8 Å². The number of benzene rings is 1. The van der Waals surface area contributed by atoms with Crippen LogP contribution in [0.2, 0.25) is 5.02 Å². The maximum absolute atomic E-state index is 12.2. The van der Waals surface area contributed by atoms with E-state index >= 15 is 0 Å². The molecule has 0 radical (unpaired) electrons. The zero-order valence-corrected chi connectivity index (χ0v) is 15.0. The second kappa shape index (κ2) is 7.85. The fourth-order valence-electron chi connectivity index (χ4n) is 3.55. The van der Waals surface area contributed by atoms with Crippen LogP contribution in [0.3, 0.4) is 0 Å². The van der Waals surface area contributed by atoms with Crippen molar-refractivity contribution >= 4 is 17.5 Å². The molecular formula is C19H27ClN2O2. The normalized spacial score (nSPS) is 26.1. The lowest BCUT2D eigenvalue weighted by Crippen LogP contribution is -2.43. The average Bonchev–Trinajstić information content (AvgIpc) is 3.36. The first-order chi connectivity index (χ1) is 11.5. The summed E-state index contributed by atoms with van der Waals surface area (Å²) < 4.78 is 0. The monoisotopic (exact) mass is 350 g/mol. The highest BCUT2D eigenvalue weighted by molar-refractivity contribution is 6.30. The summed E-state index contributed by atoms with van der Waals surface area (Å²) in [7, 11) is 0. The van der Waals surface area contributed by atoms with Crippen LogP contribution in [0, 0.1) is 11.8 Å². The molecule has 0 unspecified atom stereocenters. The van der Waals surface area contributed by atoms with Crippen LogP contribution in [0.4, 0.5) is 0 Å². The van der Waals surface area contributed by atoms with Gasteiger partial charge in [0.25, 0.3) is 0 Å². The first kappa shape index (κ1) is 17.7. The summed E-state index contributed by atoms with van der Waals surface area (Å²) >= 11 is 6.01. The van der Waals surface area contributed by atoms with Crippen LogP contribution in [0.1, 0.15) is 37.7 Å². The number of hydrogen-bond acceptors (Lipinski definition) is 3.